The number of rotatable bonds is 4. The number of halogens is 1. The van der Waals surface area contributed by atoms with Crippen molar-refractivity contribution in [3.63, 3.8) is 0 Å². The zero-order chi connectivity index (χ0) is 14.8. The number of nitrogens with two attached hydrogens (primary N) is 1. The Labute approximate surface area is 125 Å². The molecule has 0 bridgehead atoms. The van der Waals surface area contributed by atoms with Gasteiger partial charge in [-0.2, -0.15) is 0 Å². The molecule has 1 saturated carbocycles. The molecule has 4 nitrogen and oxygen atoms in total. The van der Waals surface area contributed by atoms with Gasteiger partial charge in [-0.05, 0) is 49.8 Å². The van der Waals surface area contributed by atoms with E-state index in [9.17, 15) is 8.42 Å². The molecule has 2 N–H and O–H groups in total. The number of ether oxygens (including phenoxy) is 1. The molecule has 1 aromatic carbocycles. The molecule has 1 aromatic rings. The maximum absolute atomic E-state index is 11.6. The van der Waals surface area contributed by atoms with Crippen molar-refractivity contribution in [2.24, 2.45) is 11.1 Å². The highest BCUT2D eigenvalue weighted by Crippen LogP contribution is 2.33. The first-order valence-electron chi connectivity index (χ1n) is 6.91. The van der Waals surface area contributed by atoms with E-state index in [2.05, 4.69) is 6.92 Å². The van der Waals surface area contributed by atoms with Crippen molar-refractivity contribution < 1.29 is 13.2 Å². The minimum Gasteiger partial charge on any atom is -0.489 e. The minimum absolute atomic E-state index is 0.0366. The Balaban J connectivity index is 2.29. The van der Waals surface area contributed by atoms with Crippen LogP contribution in [0.5, 0.6) is 5.75 Å². The van der Waals surface area contributed by atoms with Gasteiger partial charge in [-0.3, -0.25) is 0 Å². The summed E-state index contributed by atoms with van der Waals surface area (Å²) in [7, 11) is -3.84. The van der Waals surface area contributed by atoms with E-state index in [1.807, 2.05) is 0 Å². The molecule has 0 saturated heterocycles. The highest BCUT2D eigenvalue weighted by atomic mass is 35.5. The third kappa shape index (κ3) is 3.65. The Hall–Kier alpha value is -0.780. The lowest BCUT2D eigenvalue weighted by Gasteiger charge is -2.31. The van der Waals surface area contributed by atoms with Crippen LogP contribution in [0.1, 0.15) is 39.0 Å². The van der Waals surface area contributed by atoms with Crippen LogP contribution in [0, 0.1) is 5.92 Å². The highest BCUT2D eigenvalue weighted by Gasteiger charge is 2.27. The minimum atomic E-state index is -3.84. The van der Waals surface area contributed by atoms with Crippen LogP contribution in [0.3, 0.4) is 0 Å². The van der Waals surface area contributed by atoms with Gasteiger partial charge in [0.2, 0.25) is 10.0 Å². The summed E-state index contributed by atoms with van der Waals surface area (Å²) in [6, 6.07) is 4.55. The van der Waals surface area contributed by atoms with Crippen molar-refractivity contribution in [2.45, 2.75) is 50.0 Å². The average molecular weight is 318 g/mol. The van der Waals surface area contributed by atoms with Gasteiger partial charge in [-0.25, -0.2) is 13.6 Å². The molecule has 112 valence electrons. The summed E-state index contributed by atoms with van der Waals surface area (Å²) in [5.74, 6) is 0.773. The Kier molecular flexibility index (Phi) is 4.94. The summed E-state index contributed by atoms with van der Waals surface area (Å²) in [6.07, 6.45) is 5.48. The summed E-state index contributed by atoms with van der Waals surface area (Å²) >= 11 is 5.85. The van der Waals surface area contributed by atoms with E-state index in [1.54, 1.807) is 12.1 Å². The Morgan fingerprint density at radius 1 is 1.35 bits per heavy atom. The van der Waals surface area contributed by atoms with Crippen molar-refractivity contribution in [3.05, 3.63) is 23.2 Å². The molecular formula is C14H20ClNO3S. The number of hydrogen-bond donors (Lipinski definition) is 1. The molecule has 2 atom stereocenters. The maximum Gasteiger partial charge on any atom is 0.241 e. The lowest BCUT2D eigenvalue weighted by atomic mass is 9.85. The fourth-order valence-electron chi connectivity index (χ4n) is 2.76. The summed E-state index contributed by atoms with van der Waals surface area (Å²) in [6.45, 7) is 2.13. The van der Waals surface area contributed by atoms with Gasteiger partial charge in [-0.15, -0.1) is 0 Å². The van der Waals surface area contributed by atoms with Gasteiger partial charge in [0.25, 0.3) is 0 Å². The largest absolute Gasteiger partial charge is 0.489 e. The molecule has 1 fully saturated rings. The first-order chi connectivity index (χ1) is 9.41. The van der Waals surface area contributed by atoms with Crippen LogP contribution in [0.4, 0.5) is 0 Å². The maximum atomic E-state index is 11.6. The van der Waals surface area contributed by atoms with Gasteiger partial charge < -0.3 is 4.74 Å². The van der Waals surface area contributed by atoms with Crippen molar-refractivity contribution in [3.8, 4) is 5.75 Å². The van der Waals surface area contributed by atoms with Gasteiger partial charge in [0.1, 0.15) is 16.7 Å². The molecule has 0 radical (unpaired) electrons. The molecule has 0 spiro atoms. The van der Waals surface area contributed by atoms with Gasteiger partial charge in [-0.1, -0.05) is 24.9 Å². The normalized spacial score (nSPS) is 23.6. The average Bonchev–Trinajstić information content (AvgIpc) is 2.40. The molecule has 0 aromatic heterocycles. The zero-order valence-corrected chi connectivity index (χ0v) is 13.1. The molecule has 6 heteroatoms. The highest BCUT2D eigenvalue weighted by molar-refractivity contribution is 7.89. The third-order valence-corrected chi connectivity index (χ3v) is 5.02. The predicted molar refractivity (Wildman–Crippen MR) is 79.5 cm³/mol. The van der Waals surface area contributed by atoms with Gasteiger partial charge in [0, 0.05) is 5.02 Å². The van der Waals surface area contributed by atoms with E-state index in [0.29, 0.717) is 16.7 Å². The molecular weight excluding hydrogens is 298 g/mol. The van der Waals surface area contributed by atoms with E-state index < -0.39 is 10.0 Å². The van der Waals surface area contributed by atoms with E-state index in [-0.39, 0.29) is 11.0 Å². The molecule has 20 heavy (non-hydrogen) atoms. The molecule has 1 aliphatic carbocycles. The van der Waals surface area contributed by atoms with Crippen molar-refractivity contribution >= 4 is 21.6 Å². The monoisotopic (exact) mass is 317 g/mol. The molecule has 2 unspecified atom stereocenters. The van der Waals surface area contributed by atoms with Crippen molar-refractivity contribution in [1.82, 2.24) is 0 Å². The van der Waals surface area contributed by atoms with Crippen LogP contribution in [0.2, 0.25) is 5.02 Å². The first kappa shape index (κ1) is 15.6. The second kappa shape index (κ2) is 6.33. The van der Waals surface area contributed by atoms with Crippen LogP contribution >= 0.6 is 11.6 Å². The van der Waals surface area contributed by atoms with Gasteiger partial charge in [0.05, 0.1) is 0 Å². The van der Waals surface area contributed by atoms with Crippen molar-refractivity contribution in [2.75, 3.05) is 0 Å². The predicted octanol–water partition coefficient (Wildman–Crippen LogP) is 3.34. The lowest BCUT2D eigenvalue weighted by molar-refractivity contribution is 0.0875. The standard InChI is InChI=1S/C14H20ClNO3S/c1-2-10-5-3-4-6-12(10)19-13-8-7-11(15)9-14(13)20(16,17)18/h7-10,12H,2-6H2,1H3,(H2,16,17,18). The van der Waals surface area contributed by atoms with Crippen LogP contribution in [0.15, 0.2) is 23.1 Å². The molecule has 2 rings (SSSR count). The molecule has 0 amide bonds. The van der Waals surface area contributed by atoms with Crippen LogP contribution < -0.4 is 9.88 Å². The van der Waals surface area contributed by atoms with E-state index in [4.69, 9.17) is 21.5 Å². The SMILES string of the molecule is CCC1CCCCC1Oc1ccc(Cl)cc1S(N)(=O)=O. The van der Waals surface area contributed by atoms with Crippen LogP contribution in [0.25, 0.3) is 0 Å². The Morgan fingerprint density at radius 2 is 2.05 bits per heavy atom. The third-order valence-electron chi connectivity index (χ3n) is 3.85. The smallest absolute Gasteiger partial charge is 0.241 e. The number of hydrogen-bond acceptors (Lipinski definition) is 3. The van der Waals surface area contributed by atoms with Crippen molar-refractivity contribution in [1.29, 1.82) is 0 Å². The Bertz CT molecular complexity index is 574. The van der Waals surface area contributed by atoms with E-state index >= 15 is 0 Å². The van der Waals surface area contributed by atoms with Gasteiger partial charge in [0.15, 0.2) is 0 Å². The fourth-order valence-corrected chi connectivity index (χ4v) is 3.69. The molecule has 1 aliphatic rings. The Morgan fingerprint density at radius 3 is 2.70 bits per heavy atom. The first-order valence-corrected chi connectivity index (χ1v) is 8.83. The zero-order valence-electron chi connectivity index (χ0n) is 11.5. The van der Waals surface area contributed by atoms with E-state index in [1.165, 1.54) is 12.5 Å². The summed E-state index contributed by atoms with van der Waals surface area (Å²) < 4.78 is 29.2. The fraction of sp³-hybridized carbons (Fsp3) is 0.571. The second-order valence-corrected chi connectivity index (χ2v) is 7.21. The number of sulfonamides is 1. The molecule has 0 aliphatic heterocycles. The summed E-state index contributed by atoms with van der Waals surface area (Å²) in [5.41, 5.74) is 0. The molecule has 0 heterocycles. The van der Waals surface area contributed by atoms with Gasteiger partial charge >= 0.3 is 0 Å². The quantitative estimate of drug-likeness (QED) is 0.926. The van der Waals surface area contributed by atoms with Crippen LogP contribution in [-0.2, 0) is 10.0 Å². The summed E-state index contributed by atoms with van der Waals surface area (Å²) in [4.78, 5) is -0.0366. The topological polar surface area (TPSA) is 69.4 Å². The number of benzene rings is 1. The summed E-state index contributed by atoms with van der Waals surface area (Å²) in [5, 5.41) is 5.56. The van der Waals surface area contributed by atoms with Crippen LogP contribution in [-0.4, -0.2) is 14.5 Å². The number of primary sulfonamides is 1. The second-order valence-electron chi connectivity index (χ2n) is 5.25. The van der Waals surface area contributed by atoms with E-state index in [0.717, 1.165) is 25.7 Å². The lowest BCUT2D eigenvalue weighted by Crippen LogP contribution is -2.30.